The summed E-state index contributed by atoms with van der Waals surface area (Å²) >= 11 is 0. The van der Waals surface area contributed by atoms with E-state index in [1.54, 1.807) is 0 Å². The maximum Gasteiger partial charge on any atom is 0.177 e. The topological polar surface area (TPSA) is 30.5 Å². The van der Waals surface area contributed by atoms with E-state index >= 15 is 0 Å². The molecule has 2 atom stereocenters. The lowest BCUT2D eigenvalue weighted by Gasteiger charge is -2.33. The Kier molecular flexibility index (Phi) is 4.65. The van der Waals surface area contributed by atoms with Gasteiger partial charge in [-0.05, 0) is 18.1 Å². The molecule has 0 amide bonds. The highest BCUT2D eigenvalue weighted by Gasteiger charge is 2.27. The standard InChI is InChI=1S/C18H21NO2/c1-14-6-5-7-15(12-14)13-21-18-17(19-10-11-20-18)16-8-3-2-4-9-16/h2-9,12,17-19H,10-11,13H2,1H3/t17-,18+/m0/s1. The van der Waals surface area contributed by atoms with Crippen molar-refractivity contribution < 1.29 is 9.47 Å². The highest BCUT2D eigenvalue weighted by Crippen LogP contribution is 2.23. The molecule has 0 spiro atoms. The molecule has 3 nitrogen and oxygen atoms in total. The average molecular weight is 283 g/mol. The van der Waals surface area contributed by atoms with Gasteiger partial charge in [0.15, 0.2) is 6.29 Å². The normalized spacial score (nSPS) is 22.1. The lowest BCUT2D eigenvalue weighted by molar-refractivity contribution is -0.183. The molecular weight excluding hydrogens is 262 g/mol. The molecule has 0 saturated carbocycles. The number of hydrogen-bond donors (Lipinski definition) is 1. The van der Waals surface area contributed by atoms with E-state index in [-0.39, 0.29) is 12.3 Å². The molecule has 110 valence electrons. The van der Waals surface area contributed by atoms with Gasteiger partial charge >= 0.3 is 0 Å². The van der Waals surface area contributed by atoms with Crippen LogP contribution in [0, 0.1) is 6.92 Å². The molecule has 0 aliphatic carbocycles. The lowest BCUT2D eigenvalue weighted by Crippen LogP contribution is -2.43. The lowest BCUT2D eigenvalue weighted by atomic mass is 10.1. The van der Waals surface area contributed by atoms with Crippen LogP contribution in [-0.4, -0.2) is 19.4 Å². The minimum atomic E-state index is -0.248. The second kappa shape index (κ2) is 6.85. The van der Waals surface area contributed by atoms with Crippen LogP contribution < -0.4 is 5.32 Å². The summed E-state index contributed by atoms with van der Waals surface area (Å²) in [6.45, 7) is 4.19. The van der Waals surface area contributed by atoms with E-state index < -0.39 is 0 Å². The first-order valence-corrected chi connectivity index (χ1v) is 7.40. The van der Waals surface area contributed by atoms with Gasteiger partial charge in [0, 0.05) is 6.54 Å². The number of aryl methyl sites for hydroxylation is 1. The van der Waals surface area contributed by atoms with Crippen molar-refractivity contribution in [2.24, 2.45) is 0 Å². The second-order valence-electron chi connectivity index (χ2n) is 5.38. The molecule has 21 heavy (non-hydrogen) atoms. The minimum Gasteiger partial charge on any atom is -0.349 e. The number of rotatable bonds is 4. The predicted octanol–water partition coefficient (Wildman–Crippen LogP) is 3.20. The predicted molar refractivity (Wildman–Crippen MR) is 82.9 cm³/mol. The maximum absolute atomic E-state index is 6.01. The minimum absolute atomic E-state index is 0.0877. The summed E-state index contributed by atoms with van der Waals surface area (Å²) in [7, 11) is 0. The van der Waals surface area contributed by atoms with Crippen molar-refractivity contribution in [1.29, 1.82) is 0 Å². The van der Waals surface area contributed by atoms with Crippen LogP contribution in [0.3, 0.4) is 0 Å². The Labute approximate surface area is 125 Å². The van der Waals surface area contributed by atoms with E-state index in [0.29, 0.717) is 13.2 Å². The molecular formula is C18H21NO2. The molecule has 3 heteroatoms. The summed E-state index contributed by atoms with van der Waals surface area (Å²) in [5.41, 5.74) is 3.63. The molecule has 1 aliphatic heterocycles. The molecule has 0 unspecified atom stereocenters. The van der Waals surface area contributed by atoms with Gasteiger partial charge in [0.25, 0.3) is 0 Å². The third-order valence-electron chi connectivity index (χ3n) is 3.68. The van der Waals surface area contributed by atoms with Gasteiger partial charge < -0.3 is 14.8 Å². The van der Waals surface area contributed by atoms with Crippen LogP contribution in [0.5, 0.6) is 0 Å². The molecule has 0 aromatic heterocycles. The Morgan fingerprint density at radius 3 is 2.81 bits per heavy atom. The molecule has 1 fully saturated rings. The number of nitrogens with one attached hydrogen (secondary N) is 1. The summed E-state index contributed by atoms with van der Waals surface area (Å²) in [4.78, 5) is 0. The fourth-order valence-corrected chi connectivity index (χ4v) is 2.64. The molecule has 0 radical (unpaired) electrons. The van der Waals surface area contributed by atoms with Crippen LogP contribution in [0.15, 0.2) is 54.6 Å². The van der Waals surface area contributed by atoms with Crippen molar-refractivity contribution in [3.05, 3.63) is 71.3 Å². The van der Waals surface area contributed by atoms with Gasteiger partial charge in [-0.1, -0.05) is 60.2 Å². The molecule has 2 aromatic rings. The van der Waals surface area contributed by atoms with Gasteiger partial charge in [-0.3, -0.25) is 0 Å². The molecule has 0 bridgehead atoms. The first kappa shape index (κ1) is 14.3. The van der Waals surface area contributed by atoms with Crippen molar-refractivity contribution in [2.75, 3.05) is 13.2 Å². The van der Waals surface area contributed by atoms with Crippen LogP contribution in [0.2, 0.25) is 0 Å². The first-order chi connectivity index (χ1) is 10.3. The highest BCUT2D eigenvalue weighted by molar-refractivity contribution is 5.22. The van der Waals surface area contributed by atoms with Crippen LogP contribution in [-0.2, 0) is 16.1 Å². The Morgan fingerprint density at radius 2 is 2.00 bits per heavy atom. The van der Waals surface area contributed by atoms with Crippen LogP contribution in [0.1, 0.15) is 22.7 Å². The van der Waals surface area contributed by atoms with E-state index in [1.807, 2.05) is 18.2 Å². The van der Waals surface area contributed by atoms with Crippen molar-refractivity contribution in [3.63, 3.8) is 0 Å². The van der Waals surface area contributed by atoms with Crippen molar-refractivity contribution in [1.82, 2.24) is 5.32 Å². The summed E-state index contributed by atoms with van der Waals surface area (Å²) in [5.74, 6) is 0. The molecule has 1 N–H and O–H groups in total. The van der Waals surface area contributed by atoms with Crippen molar-refractivity contribution >= 4 is 0 Å². The van der Waals surface area contributed by atoms with E-state index in [4.69, 9.17) is 9.47 Å². The largest absolute Gasteiger partial charge is 0.349 e. The SMILES string of the molecule is Cc1cccc(CO[C@H]2OCCN[C@H]2c2ccccc2)c1. The zero-order valence-electron chi connectivity index (χ0n) is 12.3. The number of hydrogen-bond acceptors (Lipinski definition) is 3. The number of benzene rings is 2. The monoisotopic (exact) mass is 283 g/mol. The zero-order chi connectivity index (χ0) is 14.5. The summed E-state index contributed by atoms with van der Waals surface area (Å²) in [6.07, 6.45) is -0.248. The molecule has 1 saturated heterocycles. The molecule has 3 rings (SSSR count). The summed E-state index contributed by atoms with van der Waals surface area (Å²) in [6, 6.07) is 18.8. The fourth-order valence-electron chi connectivity index (χ4n) is 2.64. The number of ether oxygens (including phenoxy) is 2. The Hall–Kier alpha value is -1.68. The van der Waals surface area contributed by atoms with Crippen molar-refractivity contribution in [2.45, 2.75) is 25.9 Å². The van der Waals surface area contributed by atoms with Crippen LogP contribution in [0.25, 0.3) is 0 Å². The summed E-state index contributed by atoms with van der Waals surface area (Å²) < 4.78 is 11.8. The Bertz CT molecular complexity index is 570. The number of morpholine rings is 1. The maximum atomic E-state index is 6.01. The average Bonchev–Trinajstić information content (AvgIpc) is 2.54. The van der Waals surface area contributed by atoms with Gasteiger partial charge in [0.1, 0.15) is 0 Å². The second-order valence-corrected chi connectivity index (χ2v) is 5.38. The zero-order valence-corrected chi connectivity index (χ0v) is 12.3. The Balaban J connectivity index is 1.67. The van der Waals surface area contributed by atoms with E-state index in [0.717, 1.165) is 6.54 Å². The third kappa shape index (κ3) is 3.70. The first-order valence-electron chi connectivity index (χ1n) is 7.40. The smallest absolute Gasteiger partial charge is 0.177 e. The highest BCUT2D eigenvalue weighted by atomic mass is 16.7. The van der Waals surface area contributed by atoms with E-state index in [9.17, 15) is 0 Å². The fraction of sp³-hybridized carbons (Fsp3) is 0.333. The van der Waals surface area contributed by atoms with Gasteiger partial charge in [0.2, 0.25) is 0 Å². The van der Waals surface area contributed by atoms with Crippen LogP contribution in [0.4, 0.5) is 0 Å². The third-order valence-corrected chi connectivity index (χ3v) is 3.68. The summed E-state index contributed by atoms with van der Waals surface area (Å²) in [5, 5.41) is 3.48. The molecule has 1 heterocycles. The van der Waals surface area contributed by atoms with E-state index in [1.165, 1.54) is 16.7 Å². The van der Waals surface area contributed by atoms with Crippen molar-refractivity contribution in [3.8, 4) is 0 Å². The Morgan fingerprint density at radius 1 is 1.14 bits per heavy atom. The van der Waals surface area contributed by atoms with Gasteiger partial charge in [-0.2, -0.15) is 0 Å². The van der Waals surface area contributed by atoms with Gasteiger partial charge in [-0.25, -0.2) is 0 Å². The molecule has 2 aromatic carbocycles. The van der Waals surface area contributed by atoms with Gasteiger partial charge in [0.05, 0.1) is 19.3 Å². The quantitative estimate of drug-likeness (QED) is 0.934. The van der Waals surface area contributed by atoms with E-state index in [2.05, 4.69) is 48.6 Å². The molecule has 1 aliphatic rings. The van der Waals surface area contributed by atoms with Crippen LogP contribution >= 0.6 is 0 Å². The van der Waals surface area contributed by atoms with Gasteiger partial charge in [-0.15, -0.1) is 0 Å².